The summed E-state index contributed by atoms with van der Waals surface area (Å²) in [5.41, 5.74) is 4.62. The van der Waals surface area contributed by atoms with Gasteiger partial charge in [0.25, 0.3) is 0 Å². The molecule has 2 aromatic rings. The number of carboxylic acids is 1. The first-order valence-corrected chi connectivity index (χ1v) is 11.0. The van der Waals surface area contributed by atoms with Crippen molar-refractivity contribution in [2.24, 2.45) is 5.92 Å². The third kappa shape index (κ3) is 5.46. The second-order valence-corrected chi connectivity index (χ2v) is 8.13. The Labute approximate surface area is 188 Å². The van der Waals surface area contributed by atoms with Gasteiger partial charge in [-0.1, -0.05) is 68.8 Å². The standard InChI is InChI=1S/C25H30N2O5/c1-3-8-22(24(29)30)27-23(28)16(2)13-14-26-25(31)32-15-21-19-11-6-4-9-17(19)18-10-5-7-12-20(18)21/h4-7,9-12,16,21-22H,3,8,13-15H2,1-2H3,(H,26,31)(H,27,28)(H,29,30)/t16?,22-/m1/s1. The smallest absolute Gasteiger partial charge is 0.407 e. The number of benzene rings is 2. The molecule has 1 aliphatic rings. The molecule has 7 heteroatoms. The van der Waals surface area contributed by atoms with Gasteiger partial charge >= 0.3 is 12.1 Å². The molecule has 1 aliphatic carbocycles. The maximum Gasteiger partial charge on any atom is 0.407 e. The molecule has 1 unspecified atom stereocenters. The lowest BCUT2D eigenvalue weighted by atomic mass is 9.98. The second kappa shape index (κ2) is 10.8. The number of carbonyl (C=O) groups excluding carboxylic acids is 2. The minimum absolute atomic E-state index is 0.00984. The van der Waals surface area contributed by atoms with Crippen LogP contribution in [0.25, 0.3) is 11.1 Å². The Kier molecular flexibility index (Phi) is 7.87. The van der Waals surface area contributed by atoms with E-state index < -0.39 is 24.0 Å². The summed E-state index contributed by atoms with van der Waals surface area (Å²) in [6, 6.07) is 15.4. The Hall–Kier alpha value is -3.35. The summed E-state index contributed by atoms with van der Waals surface area (Å²) in [7, 11) is 0. The lowest BCUT2D eigenvalue weighted by Crippen LogP contribution is -2.43. The lowest BCUT2D eigenvalue weighted by molar-refractivity contribution is -0.142. The van der Waals surface area contributed by atoms with E-state index in [4.69, 9.17) is 9.84 Å². The monoisotopic (exact) mass is 438 g/mol. The number of rotatable bonds is 10. The number of carboxylic acid groups (broad SMARTS) is 1. The fourth-order valence-corrected chi connectivity index (χ4v) is 4.03. The van der Waals surface area contributed by atoms with Crippen molar-refractivity contribution in [3.8, 4) is 11.1 Å². The molecule has 32 heavy (non-hydrogen) atoms. The van der Waals surface area contributed by atoms with Gasteiger partial charge in [0.15, 0.2) is 0 Å². The maximum atomic E-state index is 12.2. The van der Waals surface area contributed by atoms with Crippen LogP contribution >= 0.6 is 0 Å². The molecular formula is C25H30N2O5. The molecule has 0 radical (unpaired) electrons. The Bertz CT molecular complexity index is 929. The molecule has 3 N–H and O–H groups in total. The number of amides is 2. The molecule has 2 atom stereocenters. The zero-order chi connectivity index (χ0) is 23.1. The summed E-state index contributed by atoms with van der Waals surface area (Å²) in [6.45, 7) is 4.06. The van der Waals surface area contributed by atoms with Crippen molar-refractivity contribution >= 4 is 18.0 Å². The normalized spacial score (nSPS) is 14.1. The van der Waals surface area contributed by atoms with Crippen LogP contribution in [0.2, 0.25) is 0 Å². The molecule has 0 saturated carbocycles. The van der Waals surface area contributed by atoms with Crippen LogP contribution in [0.3, 0.4) is 0 Å². The third-order valence-corrected chi connectivity index (χ3v) is 5.83. The topological polar surface area (TPSA) is 105 Å². The van der Waals surface area contributed by atoms with Gasteiger partial charge < -0.3 is 20.5 Å². The van der Waals surface area contributed by atoms with Crippen LogP contribution in [-0.4, -0.2) is 42.3 Å². The van der Waals surface area contributed by atoms with Crippen LogP contribution in [0, 0.1) is 5.92 Å². The summed E-state index contributed by atoms with van der Waals surface area (Å²) in [5.74, 6) is -1.81. The Morgan fingerprint density at radius 2 is 1.59 bits per heavy atom. The number of hydrogen-bond acceptors (Lipinski definition) is 4. The van der Waals surface area contributed by atoms with Crippen molar-refractivity contribution in [3.05, 3.63) is 59.7 Å². The Morgan fingerprint density at radius 3 is 2.16 bits per heavy atom. The van der Waals surface area contributed by atoms with Crippen LogP contribution in [0.15, 0.2) is 48.5 Å². The van der Waals surface area contributed by atoms with Crippen molar-refractivity contribution < 1.29 is 24.2 Å². The van der Waals surface area contributed by atoms with E-state index in [1.807, 2.05) is 31.2 Å². The largest absolute Gasteiger partial charge is 0.480 e. The highest BCUT2D eigenvalue weighted by atomic mass is 16.5. The summed E-state index contributed by atoms with van der Waals surface area (Å²) in [5, 5.41) is 14.4. The molecule has 2 aromatic carbocycles. The molecule has 0 bridgehead atoms. The van der Waals surface area contributed by atoms with Crippen LogP contribution in [0.1, 0.15) is 50.2 Å². The number of ether oxygens (including phenoxy) is 1. The molecule has 0 saturated heterocycles. The van der Waals surface area contributed by atoms with Crippen molar-refractivity contribution in [2.45, 2.75) is 45.1 Å². The minimum atomic E-state index is -1.04. The van der Waals surface area contributed by atoms with Crippen molar-refractivity contribution in [1.29, 1.82) is 0 Å². The summed E-state index contributed by atoms with van der Waals surface area (Å²) < 4.78 is 5.48. The van der Waals surface area contributed by atoms with Crippen molar-refractivity contribution in [1.82, 2.24) is 10.6 Å². The van der Waals surface area contributed by atoms with Gasteiger partial charge in [-0.05, 0) is 35.1 Å². The number of aliphatic carboxylic acids is 1. The summed E-state index contributed by atoms with van der Waals surface area (Å²) >= 11 is 0. The fraction of sp³-hybridized carbons (Fsp3) is 0.400. The minimum Gasteiger partial charge on any atom is -0.480 e. The van der Waals surface area contributed by atoms with Crippen molar-refractivity contribution in [3.63, 3.8) is 0 Å². The van der Waals surface area contributed by atoms with Gasteiger partial charge in [0, 0.05) is 18.4 Å². The average molecular weight is 439 g/mol. The number of carbonyl (C=O) groups is 3. The summed E-state index contributed by atoms with van der Waals surface area (Å²) in [4.78, 5) is 35.6. The number of hydrogen-bond donors (Lipinski definition) is 3. The molecular weight excluding hydrogens is 408 g/mol. The number of nitrogens with one attached hydrogen (secondary N) is 2. The number of fused-ring (bicyclic) bond motifs is 3. The van der Waals surface area contributed by atoms with Crippen LogP contribution in [0.5, 0.6) is 0 Å². The molecule has 3 rings (SSSR count). The maximum absolute atomic E-state index is 12.2. The molecule has 2 amide bonds. The Balaban J connectivity index is 1.46. The predicted molar refractivity (Wildman–Crippen MR) is 121 cm³/mol. The van der Waals surface area contributed by atoms with E-state index in [1.165, 1.54) is 11.1 Å². The molecule has 170 valence electrons. The van der Waals surface area contributed by atoms with E-state index in [-0.39, 0.29) is 25.0 Å². The lowest BCUT2D eigenvalue weighted by Gasteiger charge is -2.18. The highest BCUT2D eigenvalue weighted by molar-refractivity contribution is 5.84. The first kappa shape index (κ1) is 23.3. The zero-order valence-electron chi connectivity index (χ0n) is 18.5. The SMILES string of the molecule is CCC[C@@H](NC(=O)C(C)CCNC(=O)OCC1c2ccccc2-c2ccccc21)C(=O)O. The van der Waals surface area contributed by atoms with Crippen molar-refractivity contribution in [2.75, 3.05) is 13.2 Å². The predicted octanol–water partition coefficient (Wildman–Crippen LogP) is 3.92. The van der Waals surface area contributed by atoms with Crippen LogP contribution < -0.4 is 10.6 Å². The highest BCUT2D eigenvalue weighted by Gasteiger charge is 2.29. The molecule has 0 heterocycles. The molecule has 0 aliphatic heterocycles. The summed E-state index contributed by atoms with van der Waals surface area (Å²) in [6.07, 6.45) is 0.892. The third-order valence-electron chi connectivity index (χ3n) is 5.83. The van der Waals surface area contributed by atoms with E-state index in [2.05, 4.69) is 34.9 Å². The van der Waals surface area contributed by atoms with Gasteiger partial charge in [0.05, 0.1) is 0 Å². The van der Waals surface area contributed by atoms with Gasteiger partial charge in [0.2, 0.25) is 5.91 Å². The van der Waals surface area contributed by atoms with Crippen LogP contribution in [-0.2, 0) is 14.3 Å². The van der Waals surface area contributed by atoms with E-state index >= 15 is 0 Å². The van der Waals surface area contributed by atoms with Gasteiger partial charge in [-0.3, -0.25) is 4.79 Å². The molecule has 0 aromatic heterocycles. The molecule has 0 spiro atoms. The molecule has 0 fully saturated rings. The Morgan fingerprint density at radius 1 is 1.00 bits per heavy atom. The van der Waals surface area contributed by atoms with E-state index in [1.54, 1.807) is 6.92 Å². The number of alkyl carbamates (subject to hydrolysis) is 1. The van der Waals surface area contributed by atoms with E-state index in [9.17, 15) is 14.4 Å². The molecule has 7 nitrogen and oxygen atoms in total. The van der Waals surface area contributed by atoms with Gasteiger partial charge in [-0.2, -0.15) is 0 Å². The van der Waals surface area contributed by atoms with E-state index in [0.29, 0.717) is 19.3 Å². The zero-order valence-corrected chi connectivity index (χ0v) is 18.5. The first-order chi connectivity index (χ1) is 15.4. The second-order valence-electron chi connectivity index (χ2n) is 8.13. The van der Waals surface area contributed by atoms with Crippen LogP contribution in [0.4, 0.5) is 4.79 Å². The highest BCUT2D eigenvalue weighted by Crippen LogP contribution is 2.44. The van der Waals surface area contributed by atoms with Gasteiger partial charge in [-0.25, -0.2) is 9.59 Å². The average Bonchev–Trinajstić information content (AvgIpc) is 3.11. The first-order valence-electron chi connectivity index (χ1n) is 11.0. The quantitative estimate of drug-likeness (QED) is 0.521. The van der Waals surface area contributed by atoms with Gasteiger partial charge in [-0.15, -0.1) is 0 Å². The fourth-order valence-electron chi connectivity index (χ4n) is 4.03. The van der Waals surface area contributed by atoms with Gasteiger partial charge in [0.1, 0.15) is 12.6 Å². The van der Waals surface area contributed by atoms with E-state index in [0.717, 1.165) is 11.1 Å².